The number of methoxy groups -OCH3 is 1. The Labute approximate surface area is 203 Å². The van der Waals surface area contributed by atoms with Gasteiger partial charge in [0, 0.05) is 43.1 Å². The largest absolute Gasteiger partial charge is 0.497 e. The molecule has 0 bridgehead atoms. The summed E-state index contributed by atoms with van der Waals surface area (Å²) in [6, 6.07) is 19.7. The van der Waals surface area contributed by atoms with Gasteiger partial charge in [-0.2, -0.15) is 0 Å². The van der Waals surface area contributed by atoms with Crippen LogP contribution in [0, 0.1) is 5.82 Å². The summed E-state index contributed by atoms with van der Waals surface area (Å²) in [5.74, 6) is -0.402. The molecule has 5 rings (SSSR count). The van der Waals surface area contributed by atoms with Gasteiger partial charge in [-0.3, -0.25) is 4.79 Å². The number of piperazine rings is 1. The van der Waals surface area contributed by atoms with Gasteiger partial charge in [0.2, 0.25) is 9.84 Å². The van der Waals surface area contributed by atoms with Gasteiger partial charge >= 0.3 is 0 Å². The van der Waals surface area contributed by atoms with Crippen molar-refractivity contribution in [3.63, 3.8) is 0 Å². The van der Waals surface area contributed by atoms with E-state index in [1.54, 1.807) is 25.3 Å². The molecule has 0 spiro atoms. The van der Waals surface area contributed by atoms with Crippen LogP contribution in [0.25, 0.3) is 5.70 Å². The SMILES string of the molecule is COc1ccc(N2CCN(C3=C(C(=O)Nc4ccc(F)cc4)S(=O)(=O)c4ccccc43)CC2)cc1. The number of ether oxygens (including phenoxy) is 1. The average Bonchev–Trinajstić information content (AvgIpc) is 3.12. The fourth-order valence-corrected chi connectivity index (χ4v) is 6.22. The van der Waals surface area contributed by atoms with E-state index in [-0.39, 0.29) is 9.80 Å². The molecule has 1 saturated heterocycles. The Morgan fingerprint density at radius 1 is 0.886 bits per heavy atom. The van der Waals surface area contributed by atoms with Gasteiger partial charge in [0.15, 0.2) is 4.91 Å². The van der Waals surface area contributed by atoms with E-state index in [0.717, 1.165) is 11.4 Å². The molecule has 1 fully saturated rings. The molecule has 3 aromatic carbocycles. The van der Waals surface area contributed by atoms with Gasteiger partial charge in [0.05, 0.1) is 17.7 Å². The Morgan fingerprint density at radius 3 is 2.17 bits per heavy atom. The summed E-state index contributed by atoms with van der Waals surface area (Å²) in [5.41, 5.74) is 2.30. The van der Waals surface area contributed by atoms with Crippen LogP contribution < -0.4 is 15.0 Å². The minimum Gasteiger partial charge on any atom is -0.497 e. The summed E-state index contributed by atoms with van der Waals surface area (Å²) in [5, 5.41) is 2.62. The number of rotatable bonds is 5. The van der Waals surface area contributed by atoms with Crippen molar-refractivity contribution in [2.75, 3.05) is 43.5 Å². The number of nitrogens with zero attached hydrogens (tertiary/aromatic N) is 2. The zero-order chi connectivity index (χ0) is 24.6. The third-order valence-electron chi connectivity index (χ3n) is 6.26. The van der Waals surface area contributed by atoms with Gasteiger partial charge in [-0.15, -0.1) is 0 Å². The van der Waals surface area contributed by atoms with E-state index in [4.69, 9.17) is 4.74 Å². The number of hydrogen-bond donors (Lipinski definition) is 1. The summed E-state index contributed by atoms with van der Waals surface area (Å²) in [4.78, 5) is 17.3. The number of benzene rings is 3. The number of amides is 1. The number of carbonyl (C=O) groups excluding carboxylic acids is 1. The molecule has 0 aromatic heterocycles. The normalized spacial score (nSPS) is 16.7. The van der Waals surface area contributed by atoms with Crippen LogP contribution in [-0.4, -0.2) is 52.5 Å². The van der Waals surface area contributed by atoms with E-state index >= 15 is 0 Å². The molecular formula is C26H24FN3O4S. The molecular weight excluding hydrogens is 469 g/mol. The lowest BCUT2D eigenvalue weighted by atomic mass is 10.1. The molecule has 0 aliphatic carbocycles. The van der Waals surface area contributed by atoms with Crippen LogP contribution in [0.15, 0.2) is 82.6 Å². The Bertz CT molecular complexity index is 1400. The van der Waals surface area contributed by atoms with Crippen molar-refractivity contribution in [2.45, 2.75) is 4.90 Å². The number of carbonyl (C=O) groups is 1. The molecule has 3 aromatic rings. The van der Waals surface area contributed by atoms with E-state index < -0.39 is 21.6 Å². The van der Waals surface area contributed by atoms with Crippen molar-refractivity contribution in [3.05, 3.63) is 89.1 Å². The van der Waals surface area contributed by atoms with Gasteiger partial charge in [-0.05, 0) is 54.6 Å². The highest BCUT2D eigenvalue weighted by atomic mass is 32.2. The molecule has 0 radical (unpaired) electrons. The third kappa shape index (κ3) is 4.23. The maximum atomic E-state index is 13.4. The summed E-state index contributed by atoms with van der Waals surface area (Å²) in [7, 11) is -2.40. The molecule has 2 heterocycles. The van der Waals surface area contributed by atoms with Crippen LogP contribution >= 0.6 is 0 Å². The molecule has 7 nitrogen and oxygen atoms in total. The van der Waals surface area contributed by atoms with Crippen LogP contribution in [0.5, 0.6) is 5.75 Å². The first-order valence-corrected chi connectivity index (χ1v) is 12.7. The lowest BCUT2D eigenvalue weighted by molar-refractivity contribution is -0.112. The first-order valence-electron chi connectivity index (χ1n) is 11.2. The lowest BCUT2D eigenvalue weighted by Gasteiger charge is -2.38. The molecule has 9 heteroatoms. The van der Waals surface area contributed by atoms with E-state index in [1.165, 1.54) is 30.3 Å². The van der Waals surface area contributed by atoms with Crippen molar-refractivity contribution >= 4 is 32.8 Å². The van der Waals surface area contributed by atoms with Crippen LogP contribution in [0.1, 0.15) is 5.56 Å². The minimum atomic E-state index is -4.02. The molecule has 35 heavy (non-hydrogen) atoms. The lowest BCUT2D eigenvalue weighted by Crippen LogP contribution is -2.45. The molecule has 1 N–H and O–H groups in total. The van der Waals surface area contributed by atoms with E-state index in [2.05, 4.69) is 10.2 Å². The monoisotopic (exact) mass is 493 g/mol. The van der Waals surface area contributed by atoms with Gasteiger partial charge in [-0.1, -0.05) is 18.2 Å². The Balaban J connectivity index is 1.46. The zero-order valence-electron chi connectivity index (χ0n) is 19.1. The molecule has 2 aliphatic rings. The molecule has 180 valence electrons. The van der Waals surface area contributed by atoms with Gasteiger partial charge in [-0.25, -0.2) is 12.8 Å². The number of hydrogen-bond acceptors (Lipinski definition) is 6. The molecule has 2 aliphatic heterocycles. The van der Waals surface area contributed by atoms with Crippen molar-refractivity contribution in [1.82, 2.24) is 4.90 Å². The predicted molar refractivity (Wildman–Crippen MR) is 132 cm³/mol. The second-order valence-corrected chi connectivity index (χ2v) is 10.2. The number of fused-ring (bicyclic) bond motifs is 1. The number of halogens is 1. The minimum absolute atomic E-state index is 0.122. The second kappa shape index (κ2) is 9.07. The van der Waals surface area contributed by atoms with E-state index in [1.807, 2.05) is 29.2 Å². The first kappa shape index (κ1) is 22.9. The Morgan fingerprint density at radius 2 is 1.51 bits per heavy atom. The highest BCUT2D eigenvalue weighted by Crippen LogP contribution is 2.42. The van der Waals surface area contributed by atoms with Crippen molar-refractivity contribution < 1.29 is 22.3 Å². The van der Waals surface area contributed by atoms with E-state index in [9.17, 15) is 17.6 Å². The quantitative estimate of drug-likeness (QED) is 0.583. The third-order valence-corrected chi connectivity index (χ3v) is 8.11. The van der Waals surface area contributed by atoms with E-state index in [0.29, 0.717) is 43.1 Å². The standard InChI is InChI=1S/C26H24FN3O4S/c1-34-21-12-10-20(11-13-21)29-14-16-30(17-15-29)24-22-4-2-3-5-23(22)35(32,33)25(24)26(31)28-19-8-6-18(27)7-9-19/h2-13H,14-17H2,1H3,(H,28,31). The van der Waals surface area contributed by atoms with Crippen LogP contribution in [0.4, 0.5) is 15.8 Å². The second-order valence-electron chi connectivity index (χ2n) is 8.31. The predicted octanol–water partition coefficient (Wildman–Crippen LogP) is 3.75. The Kier molecular flexibility index (Phi) is 5.94. The van der Waals surface area contributed by atoms with Crippen molar-refractivity contribution in [3.8, 4) is 5.75 Å². The summed E-state index contributed by atoms with van der Waals surface area (Å²) in [6.45, 7) is 2.40. The maximum Gasteiger partial charge on any atom is 0.269 e. The fourth-order valence-electron chi connectivity index (χ4n) is 4.50. The Hall–Kier alpha value is -3.85. The molecule has 0 unspecified atom stereocenters. The average molecular weight is 494 g/mol. The highest BCUT2D eigenvalue weighted by molar-refractivity contribution is 7.97. The summed E-state index contributed by atoms with van der Waals surface area (Å²) >= 11 is 0. The van der Waals surface area contributed by atoms with Crippen molar-refractivity contribution in [2.24, 2.45) is 0 Å². The van der Waals surface area contributed by atoms with Crippen LogP contribution in [0.3, 0.4) is 0 Å². The van der Waals surface area contributed by atoms with Gasteiger partial charge in [0.25, 0.3) is 5.91 Å². The number of sulfone groups is 1. The highest BCUT2D eigenvalue weighted by Gasteiger charge is 2.42. The smallest absolute Gasteiger partial charge is 0.269 e. The molecule has 1 amide bonds. The van der Waals surface area contributed by atoms with Crippen LogP contribution in [-0.2, 0) is 14.6 Å². The summed E-state index contributed by atoms with van der Waals surface area (Å²) in [6.07, 6.45) is 0. The number of nitrogens with one attached hydrogen (secondary N) is 1. The fraction of sp³-hybridized carbons (Fsp3) is 0.192. The number of anilines is 2. The van der Waals surface area contributed by atoms with Crippen LogP contribution in [0.2, 0.25) is 0 Å². The maximum absolute atomic E-state index is 13.4. The molecule has 0 saturated carbocycles. The van der Waals surface area contributed by atoms with Gasteiger partial charge in [0.1, 0.15) is 11.6 Å². The zero-order valence-corrected chi connectivity index (χ0v) is 19.9. The summed E-state index contributed by atoms with van der Waals surface area (Å²) < 4.78 is 45.4. The molecule has 0 atom stereocenters. The topological polar surface area (TPSA) is 79.0 Å². The first-order chi connectivity index (χ1) is 16.9. The van der Waals surface area contributed by atoms with Crippen molar-refractivity contribution in [1.29, 1.82) is 0 Å². The van der Waals surface area contributed by atoms with Gasteiger partial charge < -0.3 is 19.9 Å².